The Bertz CT molecular complexity index is 773. The van der Waals surface area contributed by atoms with E-state index in [0.717, 1.165) is 12.1 Å². The fraction of sp³-hybridized carbons (Fsp3) is 0.167. The van der Waals surface area contributed by atoms with E-state index < -0.39 is 23.8 Å². The van der Waals surface area contributed by atoms with Crippen LogP contribution in [0.3, 0.4) is 0 Å². The van der Waals surface area contributed by atoms with Crippen molar-refractivity contribution in [1.82, 2.24) is 0 Å². The third-order valence-corrected chi connectivity index (χ3v) is 3.30. The summed E-state index contributed by atoms with van der Waals surface area (Å²) in [5.41, 5.74) is 6.80. The first-order valence-corrected chi connectivity index (χ1v) is 7.46. The Labute approximate surface area is 143 Å². The predicted molar refractivity (Wildman–Crippen MR) is 88.9 cm³/mol. The molecule has 0 radical (unpaired) electrons. The van der Waals surface area contributed by atoms with E-state index in [0.29, 0.717) is 16.8 Å². The van der Waals surface area contributed by atoms with Gasteiger partial charge >= 0.3 is 5.97 Å². The highest BCUT2D eigenvalue weighted by molar-refractivity contribution is 5.88. The molecule has 0 bridgehead atoms. The molecule has 0 aliphatic carbocycles. The maximum absolute atomic E-state index is 13.0. The summed E-state index contributed by atoms with van der Waals surface area (Å²) in [4.78, 5) is 34.6. The van der Waals surface area contributed by atoms with Crippen molar-refractivity contribution in [1.29, 1.82) is 0 Å². The van der Waals surface area contributed by atoms with Gasteiger partial charge in [0.05, 0.1) is 6.42 Å². The maximum atomic E-state index is 13.0. The number of ether oxygens (including phenoxy) is 1. The van der Waals surface area contributed by atoms with Crippen LogP contribution in [-0.4, -0.2) is 17.8 Å². The highest BCUT2D eigenvalue weighted by atomic mass is 19.1. The quantitative estimate of drug-likeness (QED) is 0.784. The van der Waals surface area contributed by atoms with E-state index in [9.17, 15) is 18.8 Å². The van der Waals surface area contributed by atoms with E-state index in [1.807, 2.05) is 0 Å². The van der Waals surface area contributed by atoms with E-state index >= 15 is 0 Å². The van der Waals surface area contributed by atoms with Crippen molar-refractivity contribution < 1.29 is 23.5 Å². The van der Waals surface area contributed by atoms with Gasteiger partial charge in [-0.05, 0) is 29.8 Å². The average Bonchev–Trinajstić information content (AvgIpc) is 2.55. The Hall–Kier alpha value is -3.22. The van der Waals surface area contributed by atoms with E-state index in [4.69, 9.17) is 10.5 Å². The van der Waals surface area contributed by atoms with Crippen LogP contribution >= 0.6 is 0 Å². The number of carbonyl (C=O) groups is 3. The van der Waals surface area contributed by atoms with Gasteiger partial charge in [-0.3, -0.25) is 14.4 Å². The molecule has 2 amide bonds. The van der Waals surface area contributed by atoms with Crippen LogP contribution in [0, 0.1) is 5.82 Å². The van der Waals surface area contributed by atoms with Crippen molar-refractivity contribution in [3.63, 3.8) is 0 Å². The number of benzene rings is 2. The third kappa shape index (κ3) is 5.42. The Morgan fingerprint density at radius 1 is 1.08 bits per heavy atom. The second-order valence-electron chi connectivity index (χ2n) is 5.38. The zero-order chi connectivity index (χ0) is 18.4. The smallest absolute Gasteiger partial charge is 0.311 e. The molecule has 0 heterocycles. The Kier molecular flexibility index (Phi) is 5.84. The second-order valence-corrected chi connectivity index (χ2v) is 5.38. The van der Waals surface area contributed by atoms with Crippen molar-refractivity contribution >= 4 is 23.5 Å². The van der Waals surface area contributed by atoms with Gasteiger partial charge in [-0.25, -0.2) is 4.39 Å². The first-order valence-electron chi connectivity index (χ1n) is 7.46. The molecule has 7 heteroatoms. The molecule has 2 aromatic carbocycles. The van der Waals surface area contributed by atoms with E-state index in [-0.39, 0.29) is 12.3 Å². The van der Waals surface area contributed by atoms with Crippen molar-refractivity contribution in [3.8, 4) is 0 Å². The van der Waals surface area contributed by atoms with Crippen molar-refractivity contribution in [2.45, 2.75) is 19.4 Å². The summed E-state index contributed by atoms with van der Waals surface area (Å²) in [6.45, 7) is 1.39. The van der Waals surface area contributed by atoms with Gasteiger partial charge in [-0.1, -0.05) is 24.3 Å². The molecule has 0 spiro atoms. The number of carbonyl (C=O) groups excluding carboxylic acids is 3. The molecule has 0 aliphatic heterocycles. The molecule has 0 fully saturated rings. The lowest BCUT2D eigenvalue weighted by Gasteiger charge is -2.15. The molecule has 130 valence electrons. The summed E-state index contributed by atoms with van der Waals surface area (Å²) < 4.78 is 18.1. The molecule has 0 aromatic heterocycles. The number of anilines is 1. The minimum Gasteiger partial charge on any atom is -0.447 e. The van der Waals surface area contributed by atoms with Crippen LogP contribution in [0.2, 0.25) is 0 Å². The zero-order valence-corrected chi connectivity index (χ0v) is 13.5. The molecular formula is C18H17FN2O4. The second kappa shape index (κ2) is 8.05. The lowest BCUT2D eigenvalue weighted by atomic mass is 10.1. The van der Waals surface area contributed by atoms with E-state index in [2.05, 4.69) is 5.32 Å². The molecule has 2 rings (SSSR count). The Balaban J connectivity index is 2.02. The van der Waals surface area contributed by atoms with Crippen LogP contribution in [0.25, 0.3) is 0 Å². The Morgan fingerprint density at radius 3 is 2.20 bits per heavy atom. The topological polar surface area (TPSA) is 98.5 Å². The van der Waals surface area contributed by atoms with Crippen LogP contribution in [0.5, 0.6) is 0 Å². The van der Waals surface area contributed by atoms with Gasteiger partial charge in [0, 0.05) is 18.2 Å². The minimum atomic E-state index is -1.29. The fourth-order valence-corrected chi connectivity index (χ4v) is 2.18. The van der Waals surface area contributed by atoms with Crippen LogP contribution < -0.4 is 11.1 Å². The average molecular weight is 344 g/mol. The number of esters is 1. The number of nitrogens with two attached hydrogens (primary N) is 1. The van der Waals surface area contributed by atoms with Crippen molar-refractivity contribution in [2.75, 3.05) is 5.32 Å². The first kappa shape index (κ1) is 18.1. The summed E-state index contributed by atoms with van der Waals surface area (Å²) in [6.07, 6.45) is -1.36. The summed E-state index contributed by atoms with van der Waals surface area (Å²) in [5.74, 6) is -2.17. The van der Waals surface area contributed by atoms with Crippen molar-refractivity contribution in [2.24, 2.45) is 5.73 Å². The first-order chi connectivity index (χ1) is 11.8. The van der Waals surface area contributed by atoms with Gasteiger partial charge in [-0.2, -0.15) is 0 Å². The number of hydrogen-bond donors (Lipinski definition) is 2. The van der Waals surface area contributed by atoms with Gasteiger partial charge in [0.1, 0.15) is 5.82 Å². The molecule has 0 aliphatic rings. The van der Waals surface area contributed by atoms with Crippen LogP contribution in [0.1, 0.15) is 24.2 Å². The molecule has 1 atom stereocenters. The van der Waals surface area contributed by atoms with Gasteiger partial charge in [0.25, 0.3) is 5.91 Å². The number of nitrogens with one attached hydrogen (secondary N) is 1. The SMILES string of the molecule is CC(=O)Nc1ccc(CC(=O)OC(C(N)=O)c2ccc(F)cc2)cc1. The molecular weight excluding hydrogens is 327 g/mol. The fourth-order valence-electron chi connectivity index (χ4n) is 2.18. The van der Waals surface area contributed by atoms with Gasteiger partial charge in [0.15, 0.2) is 0 Å². The van der Waals surface area contributed by atoms with Gasteiger partial charge in [-0.15, -0.1) is 0 Å². The highest BCUT2D eigenvalue weighted by Crippen LogP contribution is 2.19. The number of halogens is 1. The summed E-state index contributed by atoms with van der Waals surface area (Å²) >= 11 is 0. The van der Waals surface area contributed by atoms with Gasteiger partial charge in [0.2, 0.25) is 12.0 Å². The molecule has 0 saturated heterocycles. The number of rotatable bonds is 6. The summed E-state index contributed by atoms with van der Waals surface area (Å²) in [7, 11) is 0. The zero-order valence-electron chi connectivity index (χ0n) is 13.5. The van der Waals surface area contributed by atoms with Gasteiger partial charge < -0.3 is 15.8 Å². The normalized spacial score (nSPS) is 11.4. The molecule has 1 unspecified atom stereocenters. The monoisotopic (exact) mass is 344 g/mol. The third-order valence-electron chi connectivity index (χ3n) is 3.30. The maximum Gasteiger partial charge on any atom is 0.311 e. The predicted octanol–water partition coefficient (Wildman–Crippen LogP) is 2.10. The van der Waals surface area contributed by atoms with E-state index in [1.165, 1.54) is 19.1 Å². The lowest BCUT2D eigenvalue weighted by molar-refractivity contribution is -0.154. The van der Waals surface area contributed by atoms with Crippen LogP contribution in [0.15, 0.2) is 48.5 Å². The molecule has 2 aromatic rings. The minimum absolute atomic E-state index is 0.0780. The highest BCUT2D eigenvalue weighted by Gasteiger charge is 2.22. The van der Waals surface area contributed by atoms with E-state index in [1.54, 1.807) is 24.3 Å². The van der Waals surface area contributed by atoms with Crippen LogP contribution in [-0.2, 0) is 25.5 Å². The molecule has 25 heavy (non-hydrogen) atoms. The lowest BCUT2D eigenvalue weighted by Crippen LogP contribution is -2.26. The standard InChI is InChI=1S/C18H17FN2O4/c1-11(22)21-15-8-2-12(3-9-15)10-16(23)25-17(18(20)24)13-4-6-14(19)7-5-13/h2-9,17H,10H2,1H3,(H2,20,24)(H,21,22). The summed E-state index contributed by atoms with van der Waals surface area (Å²) in [5, 5.41) is 2.61. The molecule has 3 N–H and O–H groups in total. The largest absolute Gasteiger partial charge is 0.447 e. The molecule has 0 saturated carbocycles. The number of amides is 2. The number of primary amides is 1. The summed E-state index contributed by atoms with van der Waals surface area (Å²) in [6, 6.07) is 11.6. The van der Waals surface area contributed by atoms with Crippen molar-refractivity contribution in [3.05, 3.63) is 65.5 Å². The number of hydrogen-bond acceptors (Lipinski definition) is 4. The molecule has 6 nitrogen and oxygen atoms in total. The Morgan fingerprint density at radius 2 is 1.68 bits per heavy atom. The van der Waals surface area contributed by atoms with Crippen LogP contribution in [0.4, 0.5) is 10.1 Å².